The molecule has 0 saturated carbocycles. The summed E-state index contributed by atoms with van der Waals surface area (Å²) in [7, 11) is 0. The van der Waals surface area contributed by atoms with E-state index in [4.69, 9.17) is 0 Å². The van der Waals surface area contributed by atoms with E-state index in [9.17, 15) is 14.7 Å². The van der Waals surface area contributed by atoms with Crippen LogP contribution in [0.15, 0.2) is 33.9 Å². The fraction of sp³-hybridized carbons (Fsp3) is 0.467. The molecule has 1 atom stereocenters. The molecule has 2 aromatic rings. The van der Waals surface area contributed by atoms with Gasteiger partial charge in [0.05, 0.1) is 23.4 Å². The summed E-state index contributed by atoms with van der Waals surface area (Å²) in [4.78, 5) is 24.2. The summed E-state index contributed by atoms with van der Waals surface area (Å²) >= 11 is 0. The highest BCUT2D eigenvalue weighted by molar-refractivity contribution is 5.80. The van der Waals surface area contributed by atoms with Gasteiger partial charge in [-0.3, -0.25) is 14.7 Å². The first-order valence-corrected chi connectivity index (χ1v) is 6.93. The third kappa shape index (κ3) is 3.80. The Morgan fingerprint density at radius 1 is 1.24 bits per heavy atom. The van der Waals surface area contributed by atoms with Crippen molar-refractivity contribution in [1.82, 2.24) is 15.1 Å². The van der Waals surface area contributed by atoms with Crippen molar-refractivity contribution in [1.29, 1.82) is 0 Å². The van der Waals surface area contributed by atoms with Gasteiger partial charge in [-0.1, -0.05) is 12.1 Å². The number of aliphatic hydroxyl groups excluding tert-OH is 1. The first kappa shape index (κ1) is 15.5. The first-order chi connectivity index (χ1) is 9.78. The summed E-state index contributed by atoms with van der Waals surface area (Å²) in [6.45, 7) is 6.35. The van der Waals surface area contributed by atoms with Gasteiger partial charge >= 0.3 is 0 Å². The Morgan fingerprint density at radius 3 is 2.48 bits per heavy atom. The molecule has 2 rings (SSSR count). The van der Waals surface area contributed by atoms with Crippen LogP contribution in [0, 0.1) is 0 Å². The summed E-state index contributed by atoms with van der Waals surface area (Å²) in [5.74, 6) is 0. The SMILES string of the molecule is CC(C)(C)NCC(O)Cn1[nH]c(=O)c2ccccc2c1=O. The molecule has 0 saturated heterocycles. The molecule has 21 heavy (non-hydrogen) atoms. The average molecular weight is 291 g/mol. The monoisotopic (exact) mass is 291 g/mol. The summed E-state index contributed by atoms with van der Waals surface area (Å²) in [5, 5.41) is 16.4. The van der Waals surface area contributed by atoms with Crippen molar-refractivity contribution in [2.24, 2.45) is 0 Å². The second kappa shape index (κ2) is 5.83. The zero-order valence-electron chi connectivity index (χ0n) is 12.5. The van der Waals surface area contributed by atoms with E-state index in [0.717, 1.165) is 0 Å². The number of nitrogens with zero attached hydrogens (tertiary/aromatic N) is 1. The molecule has 6 nitrogen and oxygen atoms in total. The van der Waals surface area contributed by atoms with Crippen LogP contribution >= 0.6 is 0 Å². The van der Waals surface area contributed by atoms with Gasteiger partial charge in [0.25, 0.3) is 11.1 Å². The average Bonchev–Trinajstić information content (AvgIpc) is 2.42. The number of fused-ring (bicyclic) bond motifs is 1. The molecule has 0 radical (unpaired) electrons. The van der Waals surface area contributed by atoms with Crippen LogP contribution in [0.1, 0.15) is 20.8 Å². The van der Waals surface area contributed by atoms with Crippen LogP contribution in [-0.4, -0.2) is 33.1 Å². The number of benzene rings is 1. The van der Waals surface area contributed by atoms with E-state index in [1.165, 1.54) is 4.68 Å². The Labute approximate surface area is 122 Å². The van der Waals surface area contributed by atoms with E-state index in [-0.39, 0.29) is 23.2 Å². The van der Waals surface area contributed by atoms with Gasteiger partial charge in [-0.15, -0.1) is 0 Å². The van der Waals surface area contributed by atoms with Crippen LogP contribution in [0.5, 0.6) is 0 Å². The second-order valence-corrected chi connectivity index (χ2v) is 6.19. The third-order valence-corrected chi connectivity index (χ3v) is 3.15. The number of nitrogens with one attached hydrogen (secondary N) is 2. The highest BCUT2D eigenvalue weighted by Crippen LogP contribution is 2.03. The van der Waals surface area contributed by atoms with Crippen LogP contribution in [0.2, 0.25) is 0 Å². The van der Waals surface area contributed by atoms with Crippen molar-refractivity contribution in [3.63, 3.8) is 0 Å². The lowest BCUT2D eigenvalue weighted by Gasteiger charge is -2.23. The fourth-order valence-electron chi connectivity index (χ4n) is 2.07. The Morgan fingerprint density at radius 2 is 1.86 bits per heavy atom. The van der Waals surface area contributed by atoms with Gasteiger partial charge in [0.15, 0.2) is 0 Å². The predicted molar refractivity (Wildman–Crippen MR) is 82.6 cm³/mol. The molecular weight excluding hydrogens is 270 g/mol. The molecule has 0 spiro atoms. The minimum atomic E-state index is -0.765. The van der Waals surface area contributed by atoms with Gasteiger partial charge in [0.1, 0.15) is 0 Å². The zero-order chi connectivity index (χ0) is 15.6. The normalized spacial score (nSPS) is 13.5. The molecule has 0 aliphatic carbocycles. The summed E-state index contributed by atoms with van der Waals surface area (Å²) in [6, 6.07) is 6.65. The van der Waals surface area contributed by atoms with Crippen LogP contribution in [0.4, 0.5) is 0 Å². The maximum atomic E-state index is 12.3. The number of β-amino-alcohol motifs (C(OH)–C–C–N with tert-alkyl or cyclic N) is 1. The Kier molecular flexibility index (Phi) is 4.29. The van der Waals surface area contributed by atoms with Crippen molar-refractivity contribution in [2.75, 3.05) is 6.54 Å². The highest BCUT2D eigenvalue weighted by atomic mass is 16.3. The highest BCUT2D eigenvalue weighted by Gasteiger charge is 2.14. The number of H-pyrrole nitrogens is 1. The minimum Gasteiger partial charge on any atom is -0.390 e. The molecule has 0 aliphatic rings. The third-order valence-electron chi connectivity index (χ3n) is 3.15. The maximum Gasteiger partial charge on any atom is 0.273 e. The second-order valence-electron chi connectivity index (χ2n) is 6.19. The van der Waals surface area contributed by atoms with Crippen molar-refractivity contribution in [3.8, 4) is 0 Å². The molecule has 0 fully saturated rings. The van der Waals surface area contributed by atoms with Crippen molar-refractivity contribution < 1.29 is 5.11 Å². The van der Waals surface area contributed by atoms with E-state index in [1.807, 2.05) is 20.8 Å². The summed E-state index contributed by atoms with van der Waals surface area (Å²) in [6.07, 6.45) is -0.765. The van der Waals surface area contributed by atoms with E-state index in [1.54, 1.807) is 24.3 Å². The quantitative estimate of drug-likeness (QED) is 0.763. The summed E-state index contributed by atoms with van der Waals surface area (Å²) < 4.78 is 1.17. The molecule has 0 bridgehead atoms. The molecule has 0 aliphatic heterocycles. The number of aromatic nitrogens is 2. The predicted octanol–water partition coefficient (Wildman–Crippen LogP) is 0.439. The van der Waals surface area contributed by atoms with Crippen molar-refractivity contribution in [3.05, 3.63) is 45.0 Å². The molecule has 3 N–H and O–H groups in total. The minimum absolute atomic E-state index is 0.0436. The Bertz CT molecular complexity index is 740. The summed E-state index contributed by atoms with van der Waals surface area (Å²) in [5.41, 5.74) is -0.760. The number of rotatable bonds is 4. The van der Waals surface area contributed by atoms with Gasteiger partial charge in [0.2, 0.25) is 0 Å². The van der Waals surface area contributed by atoms with Crippen molar-refractivity contribution in [2.45, 2.75) is 39.0 Å². The fourth-order valence-corrected chi connectivity index (χ4v) is 2.07. The van der Waals surface area contributed by atoms with Gasteiger partial charge in [-0.25, -0.2) is 4.68 Å². The lowest BCUT2D eigenvalue weighted by atomic mass is 10.1. The lowest BCUT2D eigenvalue weighted by molar-refractivity contribution is 0.136. The molecule has 114 valence electrons. The van der Waals surface area contributed by atoms with E-state index in [0.29, 0.717) is 17.3 Å². The lowest BCUT2D eigenvalue weighted by Crippen LogP contribution is -2.43. The van der Waals surface area contributed by atoms with Gasteiger partial charge in [-0.05, 0) is 32.9 Å². The largest absolute Gasteiger partial charge is 0.390 e. The Hall–Kier alpha value is -1.92. The number of aromatic amines is 1. The molecule has 6 heteroatoms. The zero-order valence-corrected chi connectivity index (χ0v) is 12.5. The van der Waals surface area contributed by atoms with Crippen molar-refractivity contribution >= 4 is 10.8 Å². The van der Waals surface area contributed by atoms with Crippen LogP contribution in [-0.2, 0) is 6.54 Å². The van der Waals surface area contributed by atoms with Crippen LogP contribution < -0.4 is 16.4 Å². The molecule has 1 aromatic heterocycles. The molecular formula is C15H21N3O3. The molecule has 1 aromatic carbocycles. The molecule has 1 unspecified atom stereocenters. The van der Waals surface area contributed by atoms with Gasteiger partial charge in [0, 0.05) is 12.1 Å². The van der Waals surface area contributed by atoms with E-state index < -0.39 is 6.10 Å². The van der Waals surface area contributed by atoms with E-state index >= 15 is 0 Å². The number of hydrogen-bond donors (Lipinski definition) is 3. The van der Waals surface area contributed by atoms with Gasteiger partial charge in [-0.2, -0.15) is 0 Å². The number of hydrogen-bond acceptors (Lipinski definition) is 4. The first-order valence-electron chi connectivity index (χ1n) is 6.93. The van der Waals surface area contributed by atoms with Gasteiger partial charge < -0.3 is 10.4 Å². The van der Waals surface area contributed by atoms with Crippen LogP contribution in [0.3, 0.4) is 0 Å². The molecule has 1 heterocycles. The standard InChI is InChI=1S/C15H21N3O3/c1-15(2,3)16-8-10(19)9-18-14(21)12-7-5-4-6-11(12)13(20)17-18/h4-7,10,16,19H,8-9H2,1-3H3,(H,17,20). The molecule has 0 amide bonds. The smallest absolute Gasteiger partial charge is 0.273 e. The van der Waals surface area contributed by atoms with Crippen LogP contribution in [0.25, 0.3) is 10.8 Å². The Balaban J connectivity index is 2.25. The maximum absolute atomic E-state index is 12.3. The number of aliphatic hydroxyl groups is 1. The topological polar surface area (TPSA) is 87.1 Å². The van der Waals surface area contributed by atoms with E-state index in [2.05, 4.69) is 10.4 Å².